The number of carbonyl (C=O) groups is 1. The van der Waals surface area contributed by atoms with E-state index in [1.54, 1.807) is 12.1 Å². The molecule has 1 amide bonds. The molecular weight excluding hydrogens is 488 g/mol. The lowest BCUT2D eigenvalue weighted by atomic mass is 9.96. The number of sulfone groups is 1. The summed E-state index contributed by atoms with van der Waals surface area (Å²) in [6.07, 6.45) is 5.79. The highest BCUT2D eigenvalue weighted by Gasteiger charge is 2.43. The van der Waals surface area contributed by atoms with Crippen LogP contribution < -0.4 is 15.0 Å². The molecule has 34 heavy (non-hydrogen) atoms. The molecule has 2 aliphatic heterocycles. The largest absolute Gasteiger partial charge is 0.476 e. The number of hydrogen-bond acceptors (Lipinski definition) is 6. The fraction of sp³-hybridized carbons (Fsp3) is 0.478. The van der Waals surface area contributed by atoms with Crippen molar-refractivity contribution in [3.05, 3.63) is 47.1 Å². The fourth-order valence-corrected chi connectivity index (χ4v) is 5.42. The quantitative estimate of drug-likeness (QED) is 0.590. The molecule has 7 nitrogen and oxygen atoms in total. The summed E-state index contributed by atoms with van der Waals surface area (Å²) in [4.78, 5) is 19.7. The second-order valence-electron chi connectivity index (χ2n) is 9.37. The van der Waals surface area contributed by atoms with Gasteiger partial charge in [0.2, 0.25) is 0 Å². The van der Waals surface area contributed by atoms with Gasteiger partial charge in [0.15, 0.2) is 27.1 Å². The first kappa shape index (κ1) is 24.7. The second kappa shape index (κ2) is 8.96. The van der Waals surface area contributed by atoms with Crippen molar-refractivity contribution < 1.29 is 26.7 Å². The lowest BCUT2D eigenvalue weighted by molar-refractivity contribution is -0.135. The molecule has 0 saturated carbocycles. The van der Waals surface area contributed by atoms with E-state index in [1.807, 2.05) is 0 Å². The molecule has 4 rings (SSSR count). The number of aromatic nitrogens is 1. The zero-order valence-corrected chi connectivity index (χ0v) is 20.6. The number of amides is 1. The number of nitrogens with one attached hydrogen (secondary N) is 1. The molecule has 0 spiro atoms. The minimum atomic E-state index is -3.32. The predicted octanol–water partition coefficient (Wildman–Crippen LogP) is 3.89. The SMILES string of the molecule is CC(C)(Oc1cc(F)c(F)cc1Cl)C(=O)N[C@H]1C[C@H]2CC[C@@H](C1)N2c1ccc(S(C)(=O)=O)cn1. The Morgan fingerprint density at radius 3 is 2.35 bits per heavy atom. The number of rotatable bonds is 6. The summed E-state index contributed by atoms with van der Waals surface area (Å²) in [5, 5.41) is 2.90. The summed E-state index contributed by atoms with van der Waals surface area (Å²) in [7, 11) is -3.32. The molecule has 3 heterocycles. The van der Waals surface area contributed by atoms with Gasteiger partial charge >= 0.3 is 0 Å². The molecule has 2 saturated heterocycles. The summed E-state index contributed by atoms with van der Waals surface area (Å²) in [5.41, 5.74) is -1.37. The smallest absolute Gasteiger partial charge is 0.263 e. The average Bonchev–Trinajstić information content (AvgIpc) is 3.01. The van der Waals surface area contributed by atoms with Crippen LogP contribution in [-0.2, 0) is 14.6 Å². The van der Waals surface area contributed by atoms with E-state index in [2.05, 4.69) is 15.2 Å². The maximum Gasteiger partial charge on any atom is 0.263 e. The van der Waals surface area contributed by atoms with E-state index in [-0.39, 0.29) is 39.7 Å². The van der Waals surface area contributed by atoms with Gasteiger partial charge < -0.3 is 15.0 Å². The zero-order valence-electron chi connectivity index (χ0n) is 19.0. The number of anilines is 1. The number of fused-ring (bicyclic) bond motifs is 2. The molecule has 0 unspecified atom stereocenters. The van der Waals surface area contributed by atoms with Gasteiger partial charge in [0.1, 0.15) is 11.6 Å². The summed E-state index contributed by atoms with van der Waals surface area (Å²) in [5.74, 6) is -1.98. The van der Waals surface area contributed by atoms with Crippen molar-refractivity contribution in [2.24, 2.45) is 0 Å². The molecule has 11 heteroatoms. The number of carbonyl (C=O) groups excluding carboxylic acids is 1. The molecule has 0 aliphatic carbocycles. The highest BCUT2D eigenvalue weighted by molar-refractivity contribution is 7.90. The molecule has 1 aromatic heterocycles. The highest BCUT2D eigenvalue weighted by Crippen LogP contribution is 2.39. The van der Waals surface area contributed by atoms with Crippen LogP contribution in [0.25, 0.3) is 0 Å². The first-order valence-electron chi connectivity index (χ1n) is 10.9. The monoisotopic (exact) mass is 513 g/mol. The van der Waals surface area contributed by atoms with Crippen LogP contribution in [0.15, 0.2) is 35.4 Å². The van der Waals surface area contributed by atoms with E-state index >= 15 is 0 Å². The molecule has 2 aliphatic rings. The Labute approximate surface area is 202 Å². The fourth-order valence-electron chi connectivity index (χ4n) is 4.68. The Morgan fingerprint density at radius 2 is 1.79 bits per heavy atom. The number of pyridine rings is 1. The van der Waals surface area contributed by atoms with E-state index in [0.29, 0.717) is 12.8 Å². The van der Waals surface area contributed by atoms with Crippen LogP contribution in [0.3, 0.4) is 0 Å². The molecule has 2 aromatic rings. The van der Waals surface area contributed by atoms with Gasteiger partial charge in [-0.1, -0.05) is 11.6 Å². The molecule has 2 bridgehead atoms. The van der Waals surface area contributed by atoms with Gasteiger partial charge in [-0.2, -0.15) is 0 Å². The number of benzene rings is 1. The topological polar surface area (TPSA) is 88.6 Å². The van der Waals surface area contributed by atoms with Crippen molar-refractivity contribution in [1.29, 1.82) is 0 Å². The summed E-state index contributed by atoms with van der Waals surface area (Å²) >= 11 is 5.95. The van der Waals surface area contributed by atoms with E-state index in [0.717, 1.165) is 37.0 Å². The van der Waals surface area contributed by atoms with Crippen molar-refractivity contribution in [3.8, 4) is 5.75 Å². The number of piperidine rings is 1. The van der Waals surface area contributed by atoms with Gasteiger partial charge in [0.25, 0.3) is 5.91 Å². The molecule has 184 valence electrons. The van der Waals surface area contributed by atoms with Crippen LogP contribution in [0, 0.1) is 11.6 Å². The minimum Gasteiger partial charge on any atom is -0.476 e. The Bertz CT molecular complexity index is 1190. The minimum absolute atomic E-state index is 0.0974. The zero-order chi connectivity index (χ0) is 24.8. The van der Waals surface area contributed by atoms with Gasteiger partial charge in [-0.25, -0.2) is 22.2 Å². The van der Waals surface area contributed by atoms with Gasteiger partial charge in [0.05, 0.1) is 9.92 Å². The molecule has 3 atom stereocenters. The van der Waals surface area contributed by atoms with Crippen LogP contribution in [0.1, 0.15) is 39.5 Å². The van der Waals surface area contributed by atoms with Crippen LogP contribution >= 0.6 is 11.6 Å². The highest BCUT2D eigenvalue weighted by atomic mass is 35.5. The van der Waals surface area contributed by atoms with E-state index in [4.69, 9.17) is 16.3 Å². The summed E-state index contributed by atoms with van der Waals surface area (Å²) in [6.45, 7) is 3.08. The predicted molar refractivity (Wildman–Crippen MR) is 124 cm³/mol. The van der Waals surface area contributed by atoms with Gasteiger partial charge in [0, 0.05) is 36.6 Å². The van der Waals surface area contributed by atoms with Crippen molar-refractivity contribution in [2.45, 2.75) is 68.2 Å². The molecule has 1 aromatic carbocycles. The van der Waals surface area contributed by atoms with Crippen molar-refractivity contribution in [3.63, 3.8) is 0 Å². The van der Waals surface area contributed by atoms with Crippen LogP contribution in [0.4, 0.5) is 14.6 Å². The second-order valence-corrected chi connectivity index (χ2v) is 11.8. The number of ether oxygens (including phenoxy) is 1. The first-order chi connectivity index (χ1) is 15.8. The third kappa shape index (κ3) is 4.98. The van der Waals surface area contributed by atoms with Crippen LogP contribution in [-0.4, -0.2) is 49.3 Å². The Morgan fingerprint density at radius 1 is 1.18 bits per heavy atom. The normalized spacial score (nSPS) is 22.5. The number of hydrogen-bond donors (Lipinski definition) is 1. The van der Waals surface area contributed by atoms with Crippen LogP contribution in [0.2, 0.25) is 5.02 Å². The molecule has 2 fully saturated rings. The van der Waals surface area contributed by atoms with E-state index in [1.165, 1.54) is 20.0 Å². The van der Waals surface area contributed by atoms with Gasteiger partial charge in [-0.3, -0.25) is 4.79 Å². The van der Waals surface area contributed by atoms with E-state index < -0.39 is 27.1 Å². The van der Waals surface area contributed by atoms with E-state index in [9.17, 15) is 22.0 Å². The maximum absolute atomic E-state index is 13.6. The molecule has 0 radical (unpaired) electrons. The Hall–Kier alpha value is -2.46. The summed E-state index contributed by atoms with van der Waals surface area (Å²) < 4.78 is 56.0. The van der Waals surface area contributed by atoms with Crippen molar-refractivity contribution in [2.75, 3.05) is 11.2 Å². The lowest BCUT2D eigenvalue weighted by Crippen LogP contribution is -2.55. The van der Waals surface area contributed by atoms with Crippen LogP contribution in [0.5, 0.6) is 5.75 Å². The third-order valence-electron chi connectivity index (χ3n) is 6.37. The van der Waals surface area contributed by atoms with Gasteiger partial charge in [-0.05, 0) is 57.7 Å². The lowest BCUT2D eigenvalue weighted by Gasteiger charge is -2.40. The van der Waals surface area contributed by atoms with Gasteiger partial charge in [-0.15, -0.1) is 0 Å². The maximum atomic E-state index is 13.6. The van der Waals surface area contributed by atoms with Crippen molar-refractivity contribution >= 4 is 33.2 Å². The standard InChI is InChI=1S/C23H26ClF2N3O4S/c1-23(2,33-20-11-19(26)18(25)10-17(20)24)22(30)28-13-8-14-4-5-15(9-13)29(14)21-7-6-16(12-27-21)34(3,31)32/h6-7,10-15H,4-5,8-9H2,1-3H3,(H,28,30)/t13-,14+,15-. The molecular formula is C23H26ClF2N3O4S. The molecule has 1 N–H and O–H groups in total. The van der Waals surface area contributed by atoms with Crippen molar-refractivity contribution in [1.82, 2.24) is 10.3 Å². The first-order valence-corrected chi connectivity index (χ1v) is 13.2. The Balaban J connectivity index is 1.42. The Kier molecular flexibility index (Phi) is 6.50. The third-order valence-corrected chi connectivity index (χ3v) is 7.76. The number of halogens is 3. The summed E-state index contributed by atoms with van der Waals surface area (Å²) in [6, 6.07) is 5.14. The average molecular weight is 514 g/mol. The number of nitrogens with zero attached hydrogens (tertiary/aromatic N) is 2.